The number of halogens is 4. The molecular formula is F4MnO4P2. The third kappa shape index (κ3) is 2060. The van der Waals surface area contributed by atoms with Gasteiger partial charge in [0.2, 0.25) is 0 Å². The summed E-state index contributed by atoms with van der Waals surface area (Å²) in [4.78, 5) is 16.7. The Morgan fingerprint density at radius 1 is 0.818 bits per heavy atom. The van der Waals surface area contributed by atoms with Gasteiger partial charge in [-0.25, -0.2) is 0 Å². The fraction of sp³-hybridized carbons (Fsp3) is 0. The van der Waals surface area contributed by atoms with Crippen molar-refractivity contribution >= 4 is 16.0 Å². The first-order valence-electron chi connectivity index (χ1n) is 1.41. The van der Waals surface area contributed by atoms with E-state index in [1.165, 1.54) is 0 Å². The van der Waals surface area contributed by atoms with Crippen molar-refractivity contribution in [1.82, 2.24) is 0 Å². The van der Waals surface area contributed by atoms with Gasteiger partial charge in [0.15, 0.2) is 0 Å². The van der Waals surface area contributed by atoms with Crippen LogP contribution in [0, 0.1) is 0 Å². The van der Waals surface area contributed by atoms with Gasteiger partial charge in [-0.1, -0.05) is 0 Å². The number of hydrogen-bond acceptors (Lipinski definition) is 4. The van der Waals surface area contributed by atoms with Crippen molar-refractivity contribution < 1.29 is 52.8 Å². The molecule has 0 rings (SSSR count). The van der Waals surface area contributed by atoms with E-state index in [-0.39, 0.29) is 17.1 Å². The van der Waals surface area contributed by atoms with Gasteiger partial charge in [-0.05, 0) is 0 Å². The average molecular weight is 257 g/mol. The van der Waals surface area contributed by atoms with Gasteiger partial charge in [-0.15, -0.1) is 0 Å². The van der Waals surface area contributed by atoms with E-state index in [2.05, 4.69) is 0 Å². The van der Waals surface area contributed by atoms with Crippen molar-refractivity contribution in [2.24, 2.45) is 0 Å². The van der Waals surface area contributed by atoms with Crippen molar-refractivity contribution in [3.05, 3.63) is 0 Å². The molecule has 0 aliphatic heterocycles. The minimum absolute atomic E-state index is 0. The van der Waals surface area contributed by atoms with Crippen LogP contribution >= 0.6 is 16.0 Å². The third-order valence-electron chi connectivity index (χ3n) is 0. The second-order valence-electron chi connectivity index (χ2n) is 0.829. The molecule has 1 radical (unpaired) electrons. The summed E-state index contributed by atoms with van der Waals surface area (Å²) in [5.41, 5.74) is 0. The molecule has 0 bridgehead atoms. The van der Waals surface area contributed by atoms with Crippen LogP contribution in [0.5, 0.6) is 0 Å². The largest absolute Gasteiger partial charge is 2.00 e. The van der Waals surface area contributed by atoms with E-state index in [0.717, 1.165) is 0 Å². The summed E-state index contributed by atoms with van der Waals surface area (Å²) in [6.45, 7) is 0. The van der Waals surface area contributed by atoms with Gasteiger partial charge in [-0.2, -0.15) is 16.8 Å². The molecule has 0 spiro atoms. The Bertz CT molecular complexity index is 132. The summed E-state index contributed by atoms with van der Waals surface area (Å²) < 4.78 is 56.7. The van der Waals surface area contributed by atoms with E-state index in [4.69, 9.17) is 18.9 Å². The maximum Gasteiger partial charge on any atom is 2.00 e. The molecule has 0 aromatic carbocycles. The van der Waals surface area contributed by atoms with Crippen LogP contribution in [0.3, 0.4) is 0 Å². The minimum Gasteiger partial charge on any atom is -0.749 e. The van der Waals surface area contributed by atoms with E-state index in [1.807, 2.05) is 0 Å². The molecule has 0 fully saturated rings. The van der Waals surface area contributed by atoms with Gasteiger partial charge in [0.1, 0.15) is 0 Å². The van der Waals surface area contributed by atoms with Crippen LogP contribution in [0.4, 0.5) is 16.8 Å². The quantitative estimate of drug-likeness (QED) is 0.365. The molecule has 0 N–H and O–H groups in total. The second kappa shape index (κ2) is 6.17. The zero-order chi connectivity index (χ0) is 9.00. The van der Waals surface area contributed by atoms with E-state index in [9.17, 15) is 16.8 Å². The van der Waals surface area contributed by atoms with Gasteiger partial charge < -0.3 is 9.79 Å². The van der Waals surface area contributed by atoms with Crippen molar-refractivity contribution in [2.45, 2.75) is 0 Å². The Morgan fingerprint density at radius 3 is 0.818 bits per heavy atom. The third-order valence-corrected chi connectivity index (χ3v) is 0. The Hall–Kier alpha value is 0.619. The van der Waals surface area contributed by atoms with Crippen LogP contribution in [0.2, 0.25) is 0 Å². The Labute approximate surface area is 69.5 Å². The number of rotatable bonds is 0. The SMILES string of the molecule is O=P([O-])(F)F.O=P([O-])(F)F.[Mn+2]. The standard InChI is InChI=1S/2F2HO2P.Mn/c2*1-5(2,3)4;/h2*(H,3,4);/q;;+2/p-2. The van der Waals surface area contributed by atoms with Crippen LogP contribution in [-0.4, -0.2) is 0 Å². The summed E-state index contributed by atoms with van der Waals surface area (Å²) >= 11 is 0. The van der Waals surface area contributed by atoms with Gasteiger partial charge >= 0.3 is 33.0 Å². The summed E-state index contributed by atoms with van der Waals surface area (Å²) in [6, 6.07) is 0. The smallest absolute Gasteiger partial charge is 0.749 e. The maximum atomic E-state index is 10.0. The molecule has 0 saturated carbocycles. The van der Waals surface area contributed by atoms with E-state index in [1.54, 1.807) is 0 Å². The van der Waals surface area contributed by atoms with Gasteiger partial charge in [0, 0.05) is 0 Å². The van der Waals surface area contributed by atoms with Crippen molar-refractivity contribution in [3.8, 4) is 0 Å². The maximum absolute atomic E-state index is 10.0. The summed E-state index contributed by atoms with van der Waals surface area (Å²) in [5, 5.41) is 0. The number of hydrogen-bond donors (Lipinski definition) is 0. The van der Waals surface area contributed by atoms with E-state index in [0.29, 0.717) is 0 Å². The zero-order valence-electron chi connectivity index (χ0n) is 4.42. The van der Waals surface area contributed by atoms with Crippen LogP contribution < -0.4 is 9.79 Å². The molecule has 0 aliphatic rings. The van der Waals surface area contributed by atoms with Crippen LogP contribution in [0.15, 0.2) is 0 Å². The Kier molecular flexibility index (Phi) is 9.89. The molecule has 0 heterocycles. The normalized spacial score (nSPS) is 10.7. The zero-order valence-corrected chi connectivity index (χ0v) is 7.39. The topological polar surface area (TPSA) is 80.3 Å². The molecule has 11 heavy (non-hydrogen) atoms. The molecule has 0 amide bonds. The molecule has 0 atom stereocenters. The fourth-order valence-corrected chi connectivity index (χ4v) is 0. The molecule has 0 aromatic rings. The molecule has 0 unspecified atom stereocenters. The van der Waals surface area contributed by atoms with Crippen molar-refractivity contribution in [2.75, 3.05) is 0 Å². The first kappa shape index (κ1) is 17.6. The van der Waals surface area contributed by atoms with E-state index < -0.39 is 16.0 Å². The van der Waals surface area contributed by atoms with Gasteiger partial charge in [0.05, 0.1) is 0 Å². The molecule has 69 valence electrons. The molecule has 4 nitrogen and oxygen atoms in total. The first-order valence-corrected chi connectivity index (χ1v) is 4.22. The van der Waals surface area contributed by atoms with Crippen molar-refractivity contribution in [1.29, 1.82) is 0 Å². The molecule has 11 heteroatoms. The van der Waals surface area contributed by atoms with Crippen LogP contribution in [-0.2, 0) is 26.2 Å². The summed E-state index contributed by atoms with van der Waals surface area (Å²) in [7, 11) is -11.8. The van der Waals surface area contributed by atoms with E-state index >= 15 is 0 Å². The van der Waals surface area contributed by atoms with Gasteiger partial charge in [0.25, 0.3) is 0 Å². The molecule has 0 saturated heterocycles. The monoisotopic (exact) mass is 257 g/mol. The van der Waals surface area contributed by atoms with Crippen molar-refractivity contribution in [3.63, 3.8) is 0 Å². The fourth-order valence-electron chi connectivity index (χ4n) is 0. The summed E-state index contributed by atoms with van der Waals surface area (Å²) in [6.07, 6.45) is 0. The summed E-state index contributed by atoms with van der Waals surface area (Å²) in [5.74, 6) is 0. The molecule has 0 aliphatic carbocycles. The van der Waals surface area contributed by atoms with Crippen LogP contribution in [0.1, 0.15) is 0 Å². The predicted octanol–water partition coefficient (Wildman–Crippen LogP) is 0.785. The Morgan fingerprint density at radius 2 is 0.818 bits per heavy atom. The molecular weight excluding hydrogens is 257 g/mol. The second-order valence-corrected chi connectivity index (χ2v) is 2.49. The van der Waals surface area contributed by atoms with Crippen LogP contribution in [0.25, 0.3) is 0 Å². The van der Waals surface area contributed by atoms with Gasteiger partial charge in [-0.3, -0.25) is 9.13 Å². The molecule has 0 aromatic heterocycles. The Balaban J connectivity index is -0.000000107. The minimum atomic E-state index is -5.89. The first-order chi connectivity index (χ1) is 4.00. The average Bonchev–Trinajstić information content (AvgIpc) is 1.12. The predicted molar refractivity (Wildman–Crippen MR) is 19.6 cm³/mol.